The van der Waals surface area contributed by atoms with Crippen LogP contribution in [-0.4, -0.2) is 31.6 Å². The zero-order valence-electron chi connectivity index (χ0n) is 21.0. The first-order chi connectivity index (χ1) is 17.4. The summed E-state index contributed by atoms with van der Waals surface area (Å²) >= 11 is 0. The molecular formula is C30H32N4O2. The minimum atomic E-state index is -0.492. The fourth-order valence-electron chi connectivity index (χ4n) is 4.20. The van der Waals surface area contributed by atoms with Crippen LogP contribution in [0.2, 0.25) is 0 Å². The molecule has 0 fully saturated rings. The SMILES string of the molecule is C/C(=N\NC(=O)/C(=C/c1ccc(N(C)C)cc1)NC(=O)c1ccccc1)c1ccc2c(c1)CCCC2. The molecule has 3 aromatic carbocycles. The van der Waals surface area contributed by atoms with E-state index < -0.39 is 5.91 Å². The molecule has 0 bridgehead atoms. The predicted molar refractivity (Wildman–Crippen MR) is 146 cm³/mol. The highest BCUT2D eigenvalue weighted by atomic mass is 16.2. The van der Waals surface area contributed by atoms with Crippen molar-refractivity contribution >= 4 is 29.3 Å². The number of nitrogens with zero attached hydrogens (tertiary/aromatic N) is 2. The van der Waals surface area contributed by atoms with Gasteiger partial charge in [0.2, 0.25) is 0 Å². The Bertz CT molecular complexity index is 1290. The monoisotopic (exact) mass is 480 g/mol. The number of nitrogens with one attached hydrogen (secondary N) is 2. The average molecular weight is 481 g/mol. The molecule has 4 rings (SSSR count). The number of carbonyl (C=O) groups is 2. The highest BCUT2D eigenvalue weighted by Gasteiger charge is 2.15. The summed E-state index contributed by atoms with van der Waals surface area (Å²) in [6, 6.07) is 22.9. The number of rotatable bonds is 7. The van der Waals surface area contributed by atoms with E-state index in [-0.39, 0.29) is 11.6 Å². The van der Waals surface area contributed by atoms with Crippen molar-refractivity contribution in [2.75, 3.05) is 19.0 Å². The average Bonchev–Trinajstić information content (AvgIpc) is 2.91. The Morgan fingerprint density at radius 3 is 2.25 bits per heavy atom. The lowest BCUT2D eigenvalue weighted by molar-refractivity contribution is -0.117. The van der Waals surface area contributed by atoms with Crippen LogP contribution in [0.25, 0.3) is 6.08 Å². The molecule has 36 heavy (non-hydrogen) atoms. The fraction of sp³-hybridized carbons (Fsp3) is 0.233. The summed E-state index contributed by atoms with van der Waals surface area (Å²) in [6.07, 6.45) is 6.28. The quantitative estimate of drug-likeness (QED) is 0.286. The van der Waals surface area contributed by atoms with E-state index in [9.17, 15) is 9.59 Å². The van der Waals surface area contributed by atoms with Crippen LogP contribution in [0, 0.1) is 0 Å². The van der Waals surface area contributed by atoms with Crippen LogP contribution >= 0.6 is 0 Å². The van der Waals surface area contributed by atoms with Crippen LogP contribution < -0.4 is 15.6 Å². The molecule has 0 heterocycles. The summed E-state index contributed by atoms with van der Waals surface area (Å²) in [4.78, 5) is 28.0. The van der Waals surface area contributed by atoms with Crippen molar-refractivity contribution in [1.29, 1.82) is 0 Å². The zero-order chi connectivity index (χ0) is 25.5. The summed E-state index contributed by atoms with van der Waals surface area (Å²) in [5.41, 5.74) is 9.48. The molecule has 0 saturated carbocycles. The normalized spacial score (nSPS) is 13.5. The van der Waals surface area contributed by atoms with Gasteiger partial charge in [-0.3, -0.25) is 9.59 Å². The standard InChI is InChI=1S/C30H32N4O2/c1-21(25-16-15-23-9-7-8-12-26(23)20-25)32-33-30(36)28(31-29(35)24-10-5-4-6-11-24)19-22-13-17-27(18-14-22)34(2)3/h4-6,10-11,13-20H,7-9,12H2,1-3H3,(H,31,35)(H,33,36)/b28-19-,32-21+. The van der Waals surface area contributed by atoms with E-state index in [0.717, 1.165) is 29.7 Å². The number of amides is 2. The van der Waals surface area contributed by atoms with Gasteiger partial charge in [0.25, 0.3) is 11.8 Å². The van der Waals surface area contributed by atoms with E-state index in [1.807, 2.05) is 56.3 Å². The van der Waals surface area contributed by atoms with Crippen molar-refractivity contribution in [2.24, 2.45) is 5.10 Å². The van der Waals surface area contributed by atoms with Gasteiger partial charge in [-0.25, -0.2) is 5.43 Å². The minimum Gasteiger partial charge on any atom is -0.378 e. The lowest BCUT2D eigenvalue weighted by atomic mass is 9.90. The number of benzene rings is 3. The van der Waals surface area contributed by atoms with Gasteiger partial charge in [0.1, 0.15) is 5.70 Å². The summed E-state index contributed by atoms with van der Waals surface area (Å²) in [5.74, 6) is -0.856. The summed E-state index contributed by atoms with van der Waals surface area (Å²) in [6.45, 7) is 1.87. The summed E-state index contributed by atoms with van der Waals surface area (Å²) < 4.78 is 0. The van der Waals surface area contributed by atoms with Crippen LogP contribution in [0.15, 0.2) is 83.6 Å². The van der Waals surface area contributed by atoms with Crippen LogP contribution in [0.5, 0.6) is 0 Å². The summed E-state index contributed by atoms with van der Waals surface area (Å²) in [5, 5.41) is 7.10. The van der Waals surface area contributed by atoms with Gasteiger partial charge in [0.05, 0.1) is 5.71 Å². The third-order valence-corrected chi connectivity index (χ3v) is 6.34. The van der Waals surface area contributed by atoms with Gasteiger partial charge < -0.3 is 10.2 Å². The Morgan fingerprint density at radius 1 is 0.861 bits per heavy atom. The molecule has 0 spiro atoms. The third-order valence-electron chi connectivity index (χ3n) is 6.34. The van der Waals surface area contributed by atoms with Crippen molar-refractivity contribution < 1.29 is 9.59 Å². The third kappa shape index (κ3) is 6.27. The first-order valence-corrected chi connectivity index (χ1v) is 12.2. The number of carbonyl (C=O) groups excluding carboxylic acids is 2. The van der Waals surface area contributed by atoms with Gasteiger partial charge in [-0.05, 0) is 91.3 Å². The topological polar surface area (TPSA) is 73.8 Å². The fourth-order valence-corrected chi connectivity index (χ4v) is 4.20. The molecule has 6 nitrogen and oxygen atoms in total. The maximum absolute atomic E-state index is 13.1. The van der Waals surface area contributed by atoms with Crippen molar-refractivity contribution in [2.45, 2.75) is 32.6 Å². The molecule has 0 saturated heterocycles. The first-order valence-electron chi connectivity index (χ1n) is 12.2. The lowest BCUT2D eigenvalue weighted by Gasteiger charge is -2.16. The molecule has 2 N–H and O–H groups in total. The molecule has 0 atom stereocenters. The molecular weight excluding hydrogens is 448 g/mol. The van der Waals surface area contributed by atoms with Crippen LogP contribution in [-0.2, 0) is 17.6 Å². The van der Waals surface area contributed by atoms with Crippen molar-refractivity contribution in [3.63, 3.8) is 0 Å². The van der Waals surface area contributed by atoms with E-state index >= 15 is 0 Å². The number of fused-ring (bicyclic) bond motifs is 1. The number of anilines is 1. The van der Waals surface area contributed by atoms with Gasteiger partial charge in [-0.1, -0.05) is 42.5 Å². The zero-order valence-corrected chi connectivity index (χ0v) is 21.0. The van der Waals surface area contributed by atoms with Gasteiger partial charge >= 0.3 is 0 Å². The Labute approximate surface area is 212 Å². The van der Waals surface area contributed by atoms with Gasteiger partial charge in [0, 0.05) is 25.3 Å². The number of aryl methyl sites for hydroxylation is 2. The number of hydrogen-bond donors (Lipinski definition) is 2. The molecule has 0 radical (unpaired) electrons. The van der Waals surface area contributed by atoms with Crippen molar-refractivity contribution in [1.82, 2.24) is 10.7 Å². The van der Waals surface area contributed by atoms with E-state index in [4.69, 9.17) is 0 Å². The second-order valence-electron chi connectivity index (χ2n) is 9.19. The second-order valence-corrected chi connectivity index (χ2v) is 9.19. The lowest BCUT2D eigenvalue weighted by Crippen LogP contribution is -2.33. The molecule has 2 amide bonds. The van der Waals surface area contributed by atoms with Crippen LogP contribution in [0.1, 0.15) is 52.4 Å². The molecule has 184 valence electrons. The molecule has 6 heteroatoms. The van der Waals surface area contributed by atoms with E-state index in [0.29, 0.717) is 11.3 Å². The molecule has 3 aromatic rings. The van der Waals surface area contributed by atoms with E-state index in [1.54, 1.807) is 30.3 Å². The van der Waals surface area contributed by atoms with Gasteiger partial charge in [0.15, 0.2) is 0 Å². The van der Waals surface area contributed by atoms with Gasteiger partial charge in [-0.2, -0.15) is 5.10 Å². The Morgan fingerprint density at radius 2 is 1.56 bits per heavy atom. The maximum atomic E-state index is 13.1. The molecule has 0 aliphatic heterocycles. The van der Waals surface area contributed by atoms with Crippen LogP contribution in [0.4, 0.5) is 5.69 Å². The Balaban J connectivity index is 1.55. The van der Waals surface area contributed by atoms with E-state index in [2.05, 4.69) is 34.0 Å². The highest BCUT2D eigenvalue weighted by Crippen LogP contribution is 2.22. The smallest absolute Gasteiger partial charge is 0.287 e. The van der Waals surface area contributed by atoms with Gasteiger partial charge in [-0.15, -0.1) is 0 Å². The minimum absolute atomic E-state index is 0.114. The summed E-state index contributed by atoms with van der Waals surface area (Å²) in [7, 11) is 3.93. The number of hydrazone groups is 1. The maximum Gasteiger partial charge on any atom is 0.287 e. The Hall–Kier alpha value is -4.19. The molecule has 0 unspecified atom stereocenters. The molecule has 1 aliphatic rings. The number of hydrogen-bond acceptors (Lipinski definition) is 4. The van der Waals surface area contributed by atoms with Crippen molar-refractivity contribution in [3.05, 3.63) is 106 Å². The molecule has 0 aromatic heterocycles. The predicted octanol–water partition coefficient (Wildman–Crippen LogP) is 4.94. The van der Waals surface area contributed by atoms with Crippen molar-refractivity contribution in [3.8, 4) is 0 Å². The van der Waals surface area contributed by atoms with Crippen LogP contribution in [0.3, 0.4) is 0 Å². The highest BCUT2D eigenvalue weighted by molar-refractivity contribution is 6.06. The Kier molecular flexibility index (Phi) is 7.95. The first kappa shape index (κ1) is 24.9. The van der Waals surface area contributed by atoms with E-state index in [1.165, 1.54) is 24.0 Å². The largest absolute Gasteiger partial charge is 0.378 e. The molecule has 1 aliphatic carbocycles. The second kappa shape index (κ2) is 11.5.